The highest BCUT2D eigenvalue weighted by molar-refractivity contribution is 5.19. The van der Waals surface area contributed by atoms with Crippen LogP contribution in [0.25, 0.3) is 0 Å². The Morgan fingerprint density at radius 3 is 1.09 bits per heavy atom. The van der Waals surface area contributed by atoms with Crippen molar-refractivity contribution in [3.05, 3.63) is 0 Å². The highest BCUT2D eigenvalue weighted by Crippen LogP contribution is 2.78. The van der Waals surface area contributed by atoms with Crippen LogP contribution in [-0.2, 0) is 0 Å². The fraction of sp³-hybridized carbons (Fsp3) is 1.00. The summed E-state index contributed by atoms with van der Waals surface area (Å²) in [5.74, 6) is 20.2. The van der Waals surface area contributed by atoms with Gasteiger partial charge in [-0.3, -0.25) is 0 Å². The summed E-state index contributed by atoms with van der Waals surface area (Å²) in [5.41, 5.74) is 9.38. The largest absolute Gasteiger partial charge is 0.0649 e. The first-order chi connectivity index (χ1) is 41.0. The summed E-state index contributed by atoms with van der Waals surface area (Å²) in [4.78, 5) is 0. The Morgan fingerprint density at radius 2 is 0.753 bits per heavy atom. The average molecular weight is 1230 g/mol. The van der Waals surface area contributed by atoms with Crippen LogP contribution in [0.5, 0.6) is 0 Å². The topological polar surface area (TPSA) is 0 Å². The van der Waals surface area contributed by atoms with Crippen LogP contribution in [0.15, 0.2) is 0 Å². The lowest BCUT2D eigenvalue weighted by atomic mass is 9.53. The van der Waals surface area contributed by atoms with Gasteiger partial charge < -0.3 is 0 Å². The van der Waals surface area contributed by atoms with Gasteiger partial charge in [0, 0.05) is 0 Å². The zero-order chi connectivity index (χ0) is 65.1. The first-order valence-electron chi connectivity index (χ1n) is 41.0. The molecule has 0 radical (unpaired) electrons. The lowest BCUT2D eigenvalue weighted by Gasteiger charge is -2.52. The van der Waals surface area contributed by atoms with E-state index in [1.165, 1.54) is 163 Å². The molecule has 0 aromatic rings. The van der Waals surface area contributed by atoms with Crippen LogP contribution in [0.1, 0.15) is 373 Å². The van der Waals surface area contributed by atoms with Crippen molar-refractivity contribution in [3.63, 3.8) is 0 Å². The fourth-order valence-electron chi connectivity index (χ4n) is 32.3. The minimum absolute atomic E-state index is 0.545. The number of fused-ring (bicyclic) bond motifs is 28. The molecule has 18 aliphatic carbocycles. The molecule has 18 bridgehead atoms. The van der Waals surface area contributed by atoms with Crippen LogP contribution in [0, 0.1) is 188 Å². The van der Waals surface area contributed by atoms with Crippen molar-refractivity contribution in [3.8, 4) is 0 Å². The SMILES string of the molecule is CC1(C)CC2CC1C1C3CCC(C3)C21.CC1(C)CC2CCC1(C)C2(C)C.CC12CCC(C1)C(C)(C)C2(C)C.CCC1(C)C2(C)CCC(C2)C1(C)C.CCC1(C)CC2CC1C1C3CCC(C3)C21.CCC1(C)CC2CCC1(C)C2(C)C.CCC1(C)CC2CCC1C2. The summed E-state index contributed by atoms with van der Waals surface area (Å²) < 4.78 is 0. The van der Waals surface area contributed by atoms with Gasteiger partial charge in [-0.15, -0.1) is 0 Å². The van der Waals surface area contributed by atoms with Crippen LogP contribution in [0.3, 0.4) is 0 Å². The Labute approximate surface area is 557 Å². The van der Waals surface area contributed by atoms with E-state index in [1.807, 2.05) is 0 Å². The minimum atomic E-state index is 0.545. The highest BCUT2D eigenvalue weighted by Gasteiger charge is 2.70. The van der Waals surface area contributed by atoms with Crippen molar-refractivity contribution in [1.29, 1.82) is 0 Å². The molecule has 512 valence electrons. The van der Waals surface area contributed by atoms with Gasteiger partial charge in [0.2, 0.25) is 0 Å². The highest BCUT2D eigenvalue weighted by atomic mass is 14.7. The predicted octanol–water partition coefficient (Wildman–Crippen LogP) is 27.3. The Balaban J connectivity index is 0.000000101. The van der Waals surface area contributed by atoms with E-state index in [9.17, 15) is 0 Å². The van der Waals surface area contributed by atoms with E-state index in [-0.39, 0.29) is 0 Å². The standard InChI is InChI=1S/C15H24.C14H22.2C13H24.2C12H22.C10H18/c1-3-15(2)8-11-7-12(15)14-10-5-4-9(6-10)13(11)14;1-14(2)7-10-6-11(14)13-9-4-3-8(5-9)12(10)13;1-6-13(5)11(2,3)10-7-8-12(13,4)9-10;1-6-12(4)9-10-7-8-13(12,5)11(10,2)3;1-10(2)9-6-7-12(5,8-9)11(10,3)4;1-10(2)8-9-6-7-12(10,5)11(9,3)4;1-3-10(2)7-8-4-5-9(10)6-8/h9-14H,3-8H2,1-2H3;8-13H,3-7H2,1-2H3;2*10H,6-9H2,1-5H3;2*9H,6-8H2,1-5H3;8-9H,3-7H2,1-2H3. The van der Waals surface area contributed by atoms with Gasteiger partial charge in [-0.1, -0.05) is 206 Å². The summed E-state index contributed by atoms with van der Waals surface area (Å²) in [6, 6.07) is 0. The van der Waals surface area contributed by atoms with E-state index in [0.717, 1.165) is 70.0 Å². The molecule has 26 atom stereocenters. The molecule has 0 heteroatoms. The van der Waals surface area contributed by atoms with Gasteiger partial charge in [-0.2, -0.15) is 0 Å². The molecule has 0 aromatic heterocycles. The molecule has 18 fully saturated rings. The van der Waals surface area contributed by atoms with Gasteiger partial charge in [0.15, 0.2) is 0 Å². The molecular formula is C89H156. The second-order valence-corrected chi connectivity index (χ2v) is 44.7. The Kier molecular flexibility index (Phi) is 17.0. The van der Waals surface area contributed by atoms with Crippen molar-refractivity contribution in [1.82, 2.24) is 0 Å². The second kappa shape index (κ2) is 22.0. The zero-order valence-corrected chi connectivity index (χ0v) is 65.1. The van der Waals surface area contributed by atoms with Gasteiger partial charge in [0.25, 0.3) is 0 Å². The predicted molar refractivity (Wildman–Crippen MR) is 385 cm³/mol. The van der Waals surface area contributed by atoms with Gasteiger partial charge in [-0.25, -0.2) is 0 Å². The molecule has 18 saturated carbocycles. The fourth-order valence-corrected chi connectivity index (χ4v) is 32.3. The zero-order valence-electron chi connectivity index (χ0n) is 65.1. The quantitative estimate of drug-likeness (QED) is 0.246. The summed E-state index contributed by atoms with van der Waals surface area (Å²) in [6.07, 6.45) is 45.4. The van der Waals surface area contributed by atoms with E-state index < -0.39 is 0 Å². The van der Waals surface area contributed by atoms with Crippen molar-refractivity contribution in [2.24, 2.45) is 188 Å². The summed E-state index contributed by atoms with van der Waals surface area (Å²) in [5, 5.41) is 0. The van der Waals surface area contributed by atoms with Gasteiger partial charge >= 0.3 is 0 Å². The molecule has 18 aliphatic rings. The van der Waals surface area contributed by atoms with Gasteiger partial charge in [0.1, 0.15) is 0 Å². The maximum absolute atomic E-state index is 2.60. The van der Waals surface area contributed by atoms with E-state index in [4.69, 9.17) is 0 Å². The second-order valence-electron chi connectivity index (χ2n) is 44.7. The number of rotatable bonds is 4. The maximum atomic E-state index is 2.60. The normalized spacial score (nSPS) is 55.1. The van der Waals surface area contributed by atoms with Gasteiger partial charge in [0.05, 0.1) is 0 Å². The molecule has 89 heavy (non-hydrogen) atoms. The smallest absolute Gasteiger partial charge is 0.0218 e. The van der Waals surface area contributed by atoms with E-state index in [0.29, 0.717) is 70.4 Å². The molecule has 0 aromatic carbocycles. The van der Waals surface area contributed by atoms with Crippen LogP contribution >= 0.6 is 0 Å². The van der Waals surface area contributed by atoms with E-state index >= 15 is 0 Å². The first kappa shape index (κ1) is 68.9. The molecule has 0 N–H and O–H groups in total. The van der Waals surface area contributed by atoms with Crippen LogP contribution < -0.4 is 0 Å². The maximum Gasteiger partial charge on any atom is -0.0218 e. The molecular weight excluding hydrogens is 1070 g/mol. The third-order valence-corrected chi connectivity index (χ3v) is 41.6. The van der Waals surface area contributed by atoms with E-state index in [1.54, 1.807) is 77.0 Å². The molecule has 18 rings (SSSR count). The third-order valence-electron chi connectivity index (χ3n) is 41.6. The van der Waals surface area contributed by atoms with Crippen LogP contribution in [0.2, 0.25) is 0 Å². The number of hydrogen-bond acceptors (Lipinski definition) is 0. The van der Waals surface area contributed by atoms with Crippen molar-refractivity contribution >= 4 is 0 Å². The minimum Gasteiger partial charge on any atom is -0.0649 e. The number of hydrogen-bond donors (Lipinski definition) is 0. The first-order valence-corrected chi connectivity index (χ1v) is 41.0. The molecule has 26 unspecified atom stereocenters. The molecule has 0 nitrogen and oxygen atoms in total. The van der Waals surface area contributed by atoms with Crippen molar-refractivity contribution < 1.29 is 0 Å². The molecule has 0 spiro atoms. The van der Waals surface area contributed by atoms with Crippen LogP contribution in [0.4, 0.5) is 0 Å². The van der Waals surface area contributed by atoms with E-state index in [2.05, 4.69) is 180 Å². The Bertz CT molecular complexity index is 2530. The Morgan fingerprint density at radius 1 is 0.292 bits per heavy atom. The van der Waals surface area contributed by atoms with Crippen LogP contribution in [-0.4, -0.2) is 0 Å². The third kappa shape index (κ3) is 9.63. The monoisotopic (exact) mass is 1230 g/mol. The summed E-state index contributed by atoms with van der Waals surface area (Å²) >= 11 is 0. The molecule has 0 aliphatic heterocycles. The summed E-state index contributed by atoms with van der Waals surface area (Å²) in [6.45, 7) is 64.7. The lowest BCUT2D eigenvalue weighted by Crippen LogP contribution is -2.44. The summed E-state index contributed by atoms with van der Waals surface area (Å²) in [7, 11) is 0. The van der Waals surface area contributed by atoms with Crippen molar-refractivity contribution in [2.75, 3.05) is 0 Å². The Hall–Kier alpha value is 0. The molecule has 0 amide bonds. The average Bonchev–Trinajstić information content (AvgIpc) is 1.61. The molecule has 0 saturated heterocycles. The molecule has 0 heterocycles. The lowest BCUT2D eigenvalue weighted by molar-refractivity contribution is -0.0318. The van der Waals surface area contributed by atoms with Gasteiger partial charge in [-0.05, 0) is 355 Å². The van der Waals surface area contributed by atoms with Crippen molar-refractivity contribution in [2.45, 2.75) is 373 Å².